The summed E-state index contributed by atoms with van der Waals surface area (Å²) in [6, 6.07) is 7.97. The number of sulfonamides is 2. The molecule has 11 heteroatoms. The maximum absolute atomic E-state index is 12.5. The van der Waals surface area contributed by atoms with Crippen molar-refractivity contribution in [2.45, 2.75) is 16.7 Å². The van der Waals surface area contributed by atoms with Crippen molar-refractivity contribution in [3.63, 3.8) is 0 Å². The molecule has 0 aliphatic heterocycles. The van der Waals surface area contributed by atoms with Crippen molar-refractivity contribution >= 4 is 32.0 Å². The van der Waals surface area contributed by atoms with Gasteiger partial charge in [-0.05, 0) is 31.2 Å². The van der Waals surface area contributed by atoms with Gasteiger partial charge in [0.2, 0.25) is 0 Å². The Morgan fingerprint density at radius 2 is 1.27 bits per heavy atom. The molecule has 0 bridgehead atoms. The predicted octanol–water partition coefficient (Wildman–Crippen LogP) is 1.06. The maximum atomic E-state index is 12.5. The van der Waals surface area contributed by atoms with Crippen molar-refractivity contribution in [3.8, 4) is 0 Å². The molecule has 0 heterocycles. The zero-order chi connectivity index (χ0) is 19.7. The van der Waals surface area contributed by atoms with Crippen LogP contribution in [0.4, 0.5) is 0 Å². The van der Waals surface area contributed by atoms with Gasteiger partial charge in [-0.2, -0.15) is 0 Å². The third-order valence-electron chi connectivity index (χ3n) is 3.30. The third kappa shape index (κ3) is 3.90. The van der Waals surface area contributed by atoms with Crippen molar-refractivity contribution < 1.29 is 36.6 Å². The van der Waals surface area contributed by atoms with Gasteiger partial charge in [-0.1, -0.05) is 23.8 Å². The van der Waals surface area contributed by atoms with Crippen LogP contribution in [0.5, 0.6) is 0 Å². The minimum Gasteiger partial charge on any atom is -0.478 e. The minimum absolute atomic E-state index is 0.378. The normalized spacial score (nSPS) is 11.9. The summed E-state index contributed by atoms with van der Waals surface area (Å²) in [4.78, 5) is 21.0. The van der Waals surface area contributed by atoms with Crippen LogP contribution in [0.25, 0.3) is 0 Å². The molecule has 0 radical (unpaired) electrons. The van der Waals surface area contributed by atoms with Crippen LogP contribution in [0.3, 0.4) is 0 Å². The van der Waals surface area contributed by atoms with Crippen molar-refractivity contribution in [1.82, 2.24) is 4.13 Å². The van der Waals surface area contributed by atoms with Crippen molar-refractivity contribution in [2.24, 2.45) is 0 Å². The third-order valence-corrected chi connectivity index (χ3v) is 6.92. The molecule has 0 aliphatic rings. The highest BCUT2D eigenvalue weighted by molar-refractivity contribution is 8.04. The standard InChI is InChI=1S/C15H13NO8S2/c1-9-5-7-10(8-6-9)25(21,22)16-26(23,24)13-11(14(17)18)3-2-4-12(13)15(19)20/h2-8,16H,1H3,(H,17,18)(H,19,20). The van der Waals surface area contributed by atoms with Crippen LogP contribution < -0.4 is 4.13 Å². The zero-order valence-corrected chi connectivity index (χ0v) is 14.8. The van der Waals surface area contributed by atoms with E-state index in [0.29, 0.717) is 0 Å². The summed E-state index contributed by atoms with van der Waals surface area (Å²) in [5, 5.41) is 18.3. The lowest BCUT2D eigenvalue weighted by molar-refractivity contribution is 0.0689. The molecule has 26 heavy (non-hydrogen) atoms. The van der Waals surface area contributed by atoms with Gasteiger partial charge in [0.15, 0.2) is 0 Å². The molecule has 0 amide bonds. The van der Waals surface area contributed by atoms with E-state index < -0.39 is 48.0 Å². The van der Waals surface area contributed by atoms with Crippen molar-refractivity contribution in [3.05, 3.63) is 59.2 Å². The number of aryl methyl sites for hydroxylation is 1. The number of nitrogens with one attached hydrogen (secondary N) is 1. The van der Waals surface area contributed by atoms with Crippen LogP contribution in [-0.4, -0.2) is 39.0 Å². The molecule has 2 aromatic rings. The average Bonchev–Trinajstić information content (AvgIpc) is 2.53. The lowest BCUT2D eigenvalue weighted by Gasteiger charge is -2.12. The van der Waals surface area contributed by atoms with E-state index in [4.69, 9.17) is 10.2 Å². The fourth-order valence-electron chi connectivity index (χ4n) is 2.11. The largest absolute Gasteiger partial charge is 0.478 e. The van der Waals surface area contributed by atoms with E-state index >= 15 is 0 Å². The Hall–Kier alpha value is -2.76. The average molecular weight is 399 g/mol. The molecular formula is C15H13NO8S2. The molecule has 9 nitrogen and oxygen atoms in total. The number of benzene rings is 2. The second kappa shape index (κ2) is 6.86. The lowest BCUT2D eigenvalue weighted by Crippen LogP contribution is -2.33. The van der Waals surface area contributed by atoms with Gasteiger partial charge in [-0.3, -0.25) is 0 Å². The summed E-state index contributed by atoms with van der Waals surface area (Å²) in [5.74, 6) is -3.44. The first-order chi connectivity index (χ1) is 12.0. The molecule has 3 N–H and O–H groups in total. The Balaban J connectivity index is 2.63. The lowest BCUT2D eigenvalue weighted by atomic mass is 10.1. The van der Waals surface area contributed by atoms with Crippen LogP contribution in [0.15, 0.2) is 52.3 Å². The van der Waals surface area contributed by atoms with Gasteiger partial charge in [0.25, 0.3) is 20.0 Å². The molecule has 0 aliphatic carbocycles. The van der Waals surface area contributed by atoms with Crippen molar-refractivity contribution in [1.29, 1.82) is 0 Å². The van der Waals surface area contributed by atoms with Gasteiger partial charge in [0.05, 0.1) is 16.0 Å². The Morgan fingerprint density at radius 3 is 1.69 bits per heavy atom. The van der Waals surface area contributed by atoms with E-state index in [0.717, 1.165) is 35.9 Å². The van der Waals surface area contributed by atoms with E-state index in [-0.39, 0.29) is 4.90 Å². The molecule has 0 aromatic heterocycles. The number of carboxylic acid groups (broad SMARTS) is 2. The van der Waals surface area contributed by atoms with Crippen LogP contribution in [-0.2, 0) is 20.0 Å². The van der Waals surface area contributed by atoms with Gasteiger partial charge >= 0.3 is 11.9 Å². The predicted molar refractivity (Wildman–Crippen MR) is 89.0 cm³/mol. The molecule has 0 unspecified atom stereocenters. The second-order valence-electron chi connectivity index (χ2n) is 5.20. The molecule has 0 atom stereocenters. The molecule has 0 saturated heterocycles. The zero-order valence-electron chi connectivity index (χ0n) is 13.2. The first kappa shape index (κ1) is 19.6. The van der Waals surface area contributed by atoms with E-state index in [2.05, 4.69) is 0 Å². The van der Waals surface area contributed by atoms with Gasteiger partial charge in [-0.25, -0.2) is 26.4 Å². The number of hydrogen-bond acceptors (Lipinski definition) is 6. The van der Waals surface area contributed by atoms with Gasteiger partial charge in [0.1, 0.15) is 4.90 Å². The van der Waals surface area contributed by atoms with Crippen LogP contribution >= 0.6 is 0 Å². The topological polar surface area (TPSA) is 155 Å². The van der Waals surface area contributed by atoms with Crippen LogP contribution in [0, 0.1) is 6.92 Å². The Morgan fingerprint density at radius 1 is 0.808 bits per heavy atom. The van der Waals surface area contributed by atoms with Crippen molar-refractivity contribution in [2.75, 3.05) is 0 Å². The van der Waals surface area contributed by atoms with Gasteiger partial charge in [-0.15, -0.1) is 4.13 Å². The van der Waals surface area contributed by atoms with Gasteiger partial charge < -0.3 is 10.2 Å². The summed E-state index contributed by atoms with van der Waals surface area (Å²) < 4.78 is 51.1. The number of hydrogen-bond donors (Lipinski definition) is 3. The smallest absolute Gasteiger partial charge is 0.337 e. The molecule has 0 fully saturated rings. The summed E-state index contributed by atoms with van der Waals surface area (Å²) in [6.07, 6.45) is 0. The van der Waals surface area contributed by atoms with E-state index in [1.54, 1.807) is 6.92 Å². The molecule has 2 aromatic carbocycles. The fourth-order valence-corrected chi connectivity index (χ4v) is 5.37. The molecular weight excluding hydrogens is 386 g/mol. The number of aromatic carboxylic acids is 2. The second-order valence-corrected chi connectivity index (χ2v) is 8.76. The first-order valence-electron chi connectivity index (χ1n) is 6.90. The SMILES string of the molecule is Cc1ccc(S(=O)(=O)NS(=O)(=O)c2c(C(=O)O)cccc2C(=O)O)cc1. The van der Waals surface area contributed by atoms with Crippen LogP contribution in [0.1, 0.15) is 26.3 Å². The first-order valence-corrected chi connectivity index (χ1v) is 9.87. The number of carboxylic acids is 2. The number of rotatable bonds is 6. The number of carbonyl (C=O) groups is 2. The Kier molecular flexibility index (Phi) is 5.16. The quantitative estimate of drug-likeness (QED) is 0.651. The maximum Gasteiger partial charge on any atom is 0.337 e. The summed E-state index contributed by atoms with van der Waals surface area (Å²) in [6.45, 7) is 1.70. The minimum atomic E-state index is -5.03. The molecule has 138 valence electrons. The summed E-state index contributed by atoms with van der Waals surface area (Å²) in [5.41, 5.74) is -0.996. The Labute approximate surface area is 149 Å². The van der Waals surface area contributed by atoms with E-state index in [1.165, 1.54) is 16.3 Å². The van der Waals surface area contributed by atoms with Crippen LogP contribution in [0.2, 0.25) is 0 Å². The van der Waals surface area contributed by atoms with E-state index in [1.807, 2.05) is 0 Å². The monoisotopic (exact) mass is 399 g/mol. The fraction of sp³-hybridized carbons (Fsp3) is 0.0667. The van der Waals surface area contributed by atoms with Gasteiger partial charge in [0, 0.05) is 0 Å². The summed E-state index contributed by atoms with van der Waals surface area (Å²) in [7, 11) is -9.62. The summed E-state index contributed by atoms with van der Waals surface area (Å²) >= 11 is 0. The molecule has 0 saturated carbocycles. The molecule has 0 spiro atoms. The highest BCUT2D eigenvalue weighted by Crippen LogP contribution is 2.23. The highest BCUT2D eigenvalue weighted by atomic mass is 32.3. The Bertz CT molecular complexity index is 1050. The van der Waals surface area contributed by atoms with E-state index in [9.17, 15) is 26.4 Å². The highest BCUT2D eigenvalue weighted by Gasteiger charge is 2.32. The molecule has 2 rings (SSSR count).